The predicted molar refractivity (Wildman–Crippen MR) is 118 cm³/mol. The minimum Gasteiger partial charge on any atom is -0.493 e. The number of likely N-dealkylation sites (N-methyl/N-ethyl adjacent to an activating group) is 1. The van der Waals surface area contributed by atoms with Crippen molar-refractivity contribution >= 4 is 11.6 Å². The summed E-state index contributed by atoms with van der Waals surface area (Å²) in [5.74, 6) is 0.558. The highest BCUT2D eigenvalue weighted by Gasteiger charge is 2.18. The number of carbonyl (C=O) groups is 1. The second kappa shape index (κ2) is 12.0. The number of aliphatic hydroxyl groups is 1. The van der Waals surface area contributed by atoms with E-state index in [4.69, 9.17) is 14.2 Å². The number of unbranched alkanes of at least 4 members (excludes halogenated alkanes) is 1. The molecule has 1 unspecified atom stereocenters. The smallest absolute Gasteiger partial charge is 0.251 e. The summed E-state index contributed by atoms with van der Waals surface area (Å²) < 4.78 is 29.6. The van der Waals surface area contributed by atoms with Crippen LogP contribution in [0, 0.1) is 5.82 Å². The van der Waals surface area contributed by atoms with Crippen molar-refractivity contribution in [3.8, 4) is 17.2 Å². The average Bonchev–Trinajstić information content (AvgIpc) is 2.77. The summed E-state index contributed by atoms with van der Waals surface area (Å²) in [5, 5.41) is 13.0. The van der Waals surface area contributed by atoms with E-state index in [2.05, 4.69) is 12.2 Å². The number of ether oxygens (including phenoxy) is 3. The Balaban J connectivity index is 1.99. The lowest BCUT2D eigenvalue weighted by Crippen LogP contribution is -2.39. The van der Waals surface area contributed by atoms with Crippen molar-refractivity contribution in [3.63, 3.8) is 0 Å². The van der Waals surface area contributed by atoms with E-state index in [0.717, 1.165) is 18.5 Å². The summed E-state index contributed by atoms with van der Waals surface area (Å²) in [5.41, 5.74) is 1.09. The van der Waals surface area contributed by atoms with Gasteiger partial charge in [-0.25, -0.2) is 4.39 Å². The third kappa shape index (κ3) is 7.03. The molecule has 0 aliphatic heterocycles. The topological polar surface area (TPSA) is 80.3 Å². The van der Waals surface area contributed by atoms with Crippen molar-refractivity contribution in [2.75, 3.05) is 45.9 Å². The molecule has 2 aromatic rings. The Bertz CT molecular complexity index is 819. The van der Waals surface area contributed by atoms with E-state index < -0.39 is 6.10 Å². The fourth-order valence-corrected chi connectivity index (χ4v) is 2.97. The van der Waals surface area contributed by atoms with Crippen LogP contribution in [0.25, 0.3) is 0 Å². The maximum atomic E-state index is 13.1. The van der Waals surface area contributed by atoms with E-state index >= 15 is 0 Å². The minimum absolute atomic E-state index is 0.0454. The molecule has 170 valence electrons. The quantitative estimate of drug-likeness (QED) is 0.499. The molecule has 0 saturated heterocycles. The number of hydrogen-bond acceptors (Lipinski definition) is 6. The third-order valence-electron chi connectivity index (χ3n) is 4.72. The molecular weight excluding hydrogens is 403 g/mol. The Hall–Kier alpha value is -3.00. The van der Waals surface area contributed by atoms with Gasteiger partial charge in [0.25, 0.3) is 5.91 Å². The van der Waals surface area contributed by atoms with Crippen LogP contribution in [0.15, 0.2) is 36.4 Å². The number of methoxy groups -OCH3 is 2. The van der Waals surface area contributed by atoms with Gasteiger partial charge in [-0.15, -0.1) is 0 Å². The zero-order chi connectivity index (χ0) is 22.8. The van der Waals surface area contributed by atoms with E-state index in [-0.39, 0.29) is 24.8 Å². The Morgan fingerprint density at radius 1 is 1.16 bits per heavy atom. The number of carbonyl (C=O) groups excluding carboxylic acids is 1. The van der Waals surface area contributed by atoms with Crippen LogP contribution in [0.5, 0.6) is 17.2 Å². The standard InChI is InChI=1S/C23H31FN2O5/c1-5-6-11-31-22-20(29-3)12-16(13-21(22)30-4)23(28)25-14-19(27)15-26(2)18-9-7-17(24)8-10-18/h7-10,12-13,19,27H,5-6,11,14-15H2,1-4H3,(H,25,28). The van der Waals surface area contributed by atoms with Gasteiger partial charge in [0.2, 0.25) is 5.75 Å². The van der Waals surface area contributed by atoms with E-state index in [1.54, 1.807) is 36.2 Å². The van der Waals surface area contributed by atoms with E-state index in [0.29, 0.717) is 29.4 Å². The van der Waals surface area contributed by atoms with Gasteiger partial charge in [-0.3, -0.25) is 4.79 Å². The fraction of sp³-hybridized carbons (Fsp3) is 0.435. The maximum absolute atomic E-state index is 13.1. The van der Waals surface area contributed by atoms with Crippen LogP contribution in [0.2, 0.25) is 0 Å². The number of rotatable bonds is 12. The van der Waals surface area contributed by atoms with Gasteiger partial charge < -0.3 is 29.5 Å². The zero-order valence-electron chi connectivity index (χ0n) is 18.5. The van der Waals surface area contributed by atoms with Crippen molar-refractivity contribution in [2.24, 2.45) is 0 Å². The second-order valence-electron chi connectivity index (χ2n) is 7.13. The van der Waals surface area contributed by atoms with E-state index in [1.165, 1.54) is 26.4 Å². The molecule has 0 radical (unpaired) electrons. The Kier molecular flexibility index (Phi) is 9.40. The molecule has 31 heavy (non-hydrogen) atoms. The second-order valence-corrected chi connectivity index (χ2v) is 7.13. The number of nitrogens with one attached hydrogen (secondary N) is 1. The molecule has 0 spiro atoms. The first-order valence-electron chi connectivity index (χ1n) is 10.2. The zero-order valence-corrected chi connectivity index (χ0v) is 18.5. The fourth-order valence-electron chi connectivity index (χ4n) is 2.97. The molecule has 8 heteroatoms. The maximum Gasteiger partial charge on any atom is 0.251 e. The molecule has 2 N–H and O–H groups in total. The summed E-state index contributed by atoms with van der Waals surface area (Å²) in [6.07, 6.45) is 1.06. The first-order chi connectivity index (χ1) is 14.9. The lowest BCUT2D eigenvalue weighted by molar-refractivity contribution is 0.0918. The summed E-state index contributed by atoms with van der Waals surface area (Å²) in [7, 11) is 4.78. The first-order valence-corrected chi connectivity index (χ1v) is 10.2. The number of halogens is 1. The van der Waals surface area contributed by atoms with E-state index in [1.807, 2.05) is 0 Å². The summed E-state index contributed by atoms with van der Waals surface area (Å²) in [4.78, 5) is 14.4. The van der Waals surface area contributed by atoms with Crippen LogP contribution < -0.4 is 24.4 Å². The van der Waals surface area contributed by atoms with Crippen molar-refractivity contribution in [3.05, 3.63) is 47.8 Å². The van der Waals surface area contributed by atoms with Crippen LogP contribution in [0.4, 0.5) is 10.1 Å². The lowest BCUT2D eigenvalue weighted by atomic mass is 10.1. The molecule has 7 nitrogen and oxygen atoms in total. The van der Waals surface area contributed by atoms with Gasteiger partial charge in [0.15, 0.2) is 11.5 Å². The average molecular weight is 435 g/mol. The van der Waals surface area contributed by atoms with E-state index in [9.17, 15) is 14.3 Å². The SMILES string of the molecule is CCCCOc1c(OC)cc(C(=O)NCC(O)CN(C)c2ccc(F)cc2)cc1OC. The molecule has 1 atom stereocenters. The van der Waals surface area contributed by atoms with Gasteiger partial charge in [0.05, 0.1) is 26.9 Å². The van der Waals surface area contributed by atoms with Gasteiger partial charge in [0.1, 0.15) is 5.82 Å². The number of benzene rings is 2. The summed E-state index contributed by atoms with van der Waals surface area (Å²) in [6, 6.07) is 9.13. The summed E-state index contributed by atoms with van der Waals surface area (Å²) >= 11 is 0. The van der Waals surface area contributed by atoms with Gasteiger partial charge >= 0.3 is 0 Å². The molecule has 1 amide bonds. The molecule has 0 bridgehead atoms. The van der Waals surface area contributed by atoms with Crippen LogP contribution in [0.3, 0.4) is 0 Å². The molecule has 0 heterocycles. The molecule has 0 aliphatic carbocycles. The number of amides is 1. The van der Waals surface area contributed by atoms with Gasteiger partial charge in [-0.2, -0.15) is 0 Å². The number of hydrogen-bond donors (Lipinski definition) is 2. The largest absolute Gasteiger partial charge is 0.493 e. The monoisotopic (exact) mass is 434 g/mol. The molecule has 2 aromatic carbocycles. The Morgan fingerprint density at radius 3 is 2.32 bits per heavy atom. The highest BCUT2D eigenvalue weighted by molar-refractivity contribution is 5.95. The molecular formula is C23H31FN2O5. The van der Waals surface area contributed by atoms with Gasteiger partial charge in [0, 0.05) is 31.4 Å². The Labute approximate surface area is 182 Å². The Morgan fingerprint density at radius 2 is 1.77 bits per heavy atom. The van der Waals surface area contributed by atoms with Gasteiger partial charge in [-0.05, 0) is 42.8 Å². The van der Waals surface area contributed by atoms with Crippen molar-refractivity contribution in [1.82, 2.24) is 5.32 Å². The van der Waals surface area contributed by atoms with Crippen LogP contribution in [0.1, 0.15) is 30.1 Å². The normalized spacial score (nSPS) is 11.5. The van der Waals surface area contributed by atoms with Crippen molar-refractivity contribution in [2.45, 2.75) is 25.9 Å². The predicted octanol–water partition coefficient (Wildman–Crippen LogP) is 3.25. The van der Waals surface area contributed by atoms with Gasteiger partial charge in [-0.1, -0.05) is 13.3 Å². The van der Waals surface area contributed by atoms with Crippen LogP contribution >= 0.6 is 0 Å². The van der Waals surface area contributed by atoms with Crippen molar-refractivity contribution in [1.29, 1.82) is 0 Å². The minimum atomic E-state index is -0.820. The lowest BCUT2D eigenvalue weighted by Gasteiger charge is -2.23. The molecule has 0 aliphatic rings. The van der Waals surface area contributed by atoms with Crippen LogP contribution in [-0.2, 0) is 0 Å². The molecule has 0 fully saturated rings. The molecule has 2 rings (SSSR count). The number of nitrogens with zero attached hydrogens (tertiary/aromatic N) is 1. The highest BCUT2D eigenvalue weighted by atomic mass is 19.1. The summed E-state index contributed by atoms with van der Waals surface area (Å²) in [6.45, 7) is 2.89. The number of anilines is 1. The first kappa shape index (κ1) is 24.3. The third-order valence-corrected chi connectivity index (χ3v) is 4.72. The van der Waals surface area contributed by atoms with Crippen LogP contribution in [-0.4, -0.2) is 58.1 Å². The molecule has 0 aromatic heterocycles. The highest BCUT2D eigenvalue weighted by Crippen LogP contribution is 2.38. The van der Waals surface area contributed by atoms with Crippen molar-refractivity contribution < 1.29 is 28.5 Å². The molecule has 0 saturated carbocycles. The number of aliphatic hydroxyl groups excluding tert-OH is 1.